The molecule has 0 bridgehead atoms. The highest BCUT2D eigenvalue weighted by Gasteiger charge is 2.20. The summed E-state index contributed by atoms with van der Waals surface area (Å²) in [6.45, 7) is 0. The van der Waals surface area contributed by atoms with Gasteiger partial charge in [-0.2, -0.15) is 0 Å². The third-order valence-electron chi connectivity index (χ3n) is 1.25. The van der Waals surface area contributed by atoms with Gasteiger partial charge in [0.25, 0.3) is 0 Å². The first kappa shape index (κ1) is 8.86. The second-order valence-corrected chi connectivity index (χ2v) is 3.72. The number of thiazole rings is 1. The number of hydrogen-bond donors (Lipinski definition) is 0. The minimum absolute atomic E-state index is 0.153. The third kappa shape index (κ3) is 2.13. The summed E-state index contributed by atoms with van der Waals surface area (Å²) in [5, 5.41) is 1.52. The predicted molar refractivity (Wildman–Crippen MR) is 44.0 cm³/mol. The Bertz CT molecular complexity index is 281. The van der Waals surface area contributed by atoms with Crippen LogP contribution >= 0.6 is 10.5 Å². The van der Waals surface area contributed by atoms with Gasteiger partial charge in [0.2, 0.25) is 5.51 Å². The molecule has 64 valence electrons. The molecule has 5 heteroatoms. The number of methoxy groups -OCH3 is 1. The lowest BCUT2D eigenvalue weighted by Crippen LogP contribution is -2.05. The van der Waals surface area contributed by atoms with Crippen LogP contribution in [0.25, 0.3) is 0 Å². The zero-order valence-electron chi connectivity index (χ0n) is 6.52. The Morgan fingerprint density at radius 3 is 2.83 bits per heavy atom. The molecule has 1 aromatic rings. The Hall–Kier alpha value is -1.23. The SMILES string of the molecule is COC(=O)CC(=O)[s+]1ccnc1. The molecule has 0 saturated carbocycles. The van der Waals surface area contributed by atoms with Crippen molar-refractivity contribution in [2.24, 2.45) is 0 Å². The van der Waals surface area contributed by atoms with E-state index in [0.717, 1.165) is 0 Å². The van der Waals surface area contributed by atoms with Crippen LogP contribution in [0.1, 0.15) is 11.2 Å². The molecule has 0 aliphatic heterocycles. The molecular weight excluding hydrogens is 178 g/mol. The Morgan fingerprint density at radius 1 is 1.58 bits per heavy atom. The van der Waals surface area contributed by atoms with Gasteiger partial charge in [-0.05, 0) is 0 Å². The zero-order chi connectivity index (χ0) is 8.97. The van der Waals surface area contributed by atoms with E-state index in [0.29, 0.717) is 0 Å². The van der Waals surface area contributed by atoms with E-state index in [4.69, 9.17) is 0 Å². The van der Waals surface area contributed by atoms with Crippen molar-refractivity contribution in [3.63, 3.8) is 0 Å². The summed E-state index contributed by atoms with van der Waals surface area (Å²) in [7, 11) is 0.655. The van der Waals surface area contributed by atoms with Crippen molar-refractivity contribution in [1.82, 2.24) is 4.98 Å². The van der Waals surface area contributed by atoms with Crippen LogP contribution in [0.3, 0.4) is 0 Å². The second kappa shape index (κ2) is 3.96. The van der Waals surface area contributed by atoms with Crippen LogP contribution < -0.4 is 0 Å². The monoisotopic (exact) mass is 186 g/mol. The quantitative estimate of drug-likeness (QED) is 0.402. The summed E-state index contributed by atoms with van der Waals surface area (Å²) in [6, 6.07) is 0. The molecule has 12 heavy (non-hydrogen) atoms. The van der Waals surface area contributed by atoms with Gasteiger partial charge in [-0.15, -0.1) is 0 Å². The summed E-state index contributed by atoms with van der Waals surface area (Å²) in [6.07, 6.45) is 1.38. The van der Waals surface area contributed by atoms with Crippen molar-refractivity contribution in [2.45, 2.75) is 6.42 Å². The van der Waals surface area contributed by atoms with Crippen LogP contribution in [0.4, 0.5) is 0 Å². The molecule has 0 radical (unpaired) electrons. The summed E-state index contributed by atoms with van der Waals surface area (Å²) in [5.74, 6) is -0.499. The molecule has 1 rings (SSSR count). The van der Waals surface area contributed by atoms with Crippen molar-refractivity contribution in [1.29, 1.82) is 0 Å². The molecule has 1 aromatic heterocycles. The fourth-order valence-corrected chi connectivity index (χ4v) is 1.67. The Balaban J connectivity index is 2.56. The number of aromatic nitrogens is 1. The molecule has 0 amide bonds. The Morgan fingerprint density at radius 2 is 2.33 bits per heavy atom. The van der Waals surface area contributed by atoms with Crippen LogP contribution in [0, 0.1) is 0 Å². The van der Waals surface area contributed by atoms with E-state index in [1.165, 1.54) is 12.6 Å². The average Bonchev–Trinajstić information content (AvgIpc) is 2.56. The maximum atomic E-state index is 11.2. The smallest absolute Gasteiger partial charge is 0.367 e. The summed E-state index contributed by atoms with van der Waals surface area (Å²) in [4.78, 5) is 25.6. The van der Waals surface area contributed by atoms with E-state index < -0.39 is 16.4 Å². The first-order chi connectivity index (χ1) is 5.74. The number of rotatable bonds is 3. The summed E-state index contributed by atoms with van der Waals surface area (Å²) in [5.41, 5.74) is 1.53. The number of carbonyl (C=O) groups excluding carboxylic acids is 2. The topological polar surface area (TPSA) is 56.3 Å². The first-order valence-corrected chi connectivity index (χ1v) is 4.60. The molecule has 1 atom stereocenters. The third-order valence-corrected chi connectivity index (χ3v) is 2.68. The van der Waals surface area contributed by atoms with Crippen LogP contribution in [-0.2, 0) is 9.53 Å². The number of nitrogens with zero attached hydrogens (tertiary/aromatic N) is 1. The number of esters is 1. The van der Waals surface area contributed by atoms with Gasteiger partial charge in [0.05, 0.1) is 23.8 Å². The van der Waals surface area contributed by atoms with Gasteiger partial charge < -0.3 is 4.74 Å². The number of ether oxygens (including phenoxy) is 1. The fraction of sp³-hybridized carbons (Fsp3) is 0.286. The van der Waals surface area contributed by atoms with Gasteiger partial charge in [0.1, 0.15) is 0 Å². The van der Waals surface area contributed by atoms with Crippen LogP contribution in [0.2, 0.25) is 0 Å². The minimum Gasteiger partial charge on any atom is -0.469 e. The molecule has 0 fully saturated rings. The molecule has 4 nitrogen and oxygen atoms in total. The largest absolute Gasteiger partial charge is 0.469 e. The van der Waals surface area contributed by atoms with Crippen LogP contribution in [0.15, 0.2) is 17.1 Å². The van der Waals surface area contributed by atoms with E-state index in [1.807, 2.05) is 0 Å². The Labute approximate surface area is 72.2 Å². The first-order valence-electron chi connectivity index (χ1n) is 3.25. The molecule has 0 aromatic carbocycles. The minimum atomic E-state index is -0.606. The maximum Gasteiger partial charge on any atom is 0.367 e. The lowest BCUT2D eigenvalue weighted by Gasteiger charge is -1.90. The molecule has 1 unspecified atom stereocenters. The van der Waals surface area contributed by atoms with Gasteiger partial charge in [-0.3, -0.25) is 4.79 Å². The maximum absolute atomic E-state index is 11.2. The molecule has 0 N–H and O–H groups in total. The van der Waals surface area contributed by atoms with Crippen molar-refractivity contribution in [3.8, 4) is 0 Å². The lowest BCUT2D eigenvalue weighted by atomic mass is 10.5. The van der Waals surface area contributed by atoms with Gasteiger partial charge in [-0.25, -0.2) is 9.78 Å². The van der Waals surface area contributed by atoms with Crippen molar-refractivity contribution in [2.75, 3.05) is 7.11 Å². The normalized spacial score (nSPS) is 10.9. The molecule has 0 saturated heterocycles. The van der Waals surface area contributed by atoms with Gasteiger partial charge in [0.15, 0.2) is 11.8 Å². The zero-order valence-corrected chi connectivity index (χ0v) is 7.34. The van der Waals surface area contributed by atoms with E-state index >= 15 is 0 Å². The van der Waals surface area contributed by atoms with E-state index in [1.54, 1.807) is 11.6 Å². The highest BCUT2D eigenvalue weighted by Crippen LogP contribution is 2.17. The van der Waals surface area contributed by atoms with Crippen LogP contribution in [-0.4, -0.2) is 23.2 Å². The van der Waals surface area contributed by atoms with Crippen LogP contribution in [0.5, 0.6) is 0 Å². The number of carbonyl (C=O) groups is 2. The van der Waals surface area contributed by atoms with E-state index in [2.05, 4.69) is 9.72 Å². The van der Waals surface area contributed by atoms with Crippen molar-refractivity contribution >= 4 is 21.6 Å². The highest BCUT2D eigenvalue weighted by molar-refractivity contribution is 7.49. The second-order valence-electron chi connectivity index (χ2n) is 2.04. The van der Waals surface area contributed by atoms with Gasteiger partial charge in [0, 0.05) is 0 Å². The highest BCUT2D eigenvalue weighted by atomic mass is 32.2. The molecule has 0 spiro atoms. The Kier molecular flexibility index (Phi) is 2.93. The molecular formula is C7H8NO3S+. The number of hydrogen-bond acceptors (Lipinski definition) is 4. The van der Waals surface area contributed by atoms with E-state index in [-0.39, 0.29) is 11.5 Å². The lowest BCUT2D eigenvalue weighted by molar-refractivity contribution is -0.139. The fourth-order valence-electron chi connectivity index (χ4n) is 0.645. The van der Waals surface area contributed by atoms with E-state index in [9.17, 15) is 9.59 Å². The molecule has 0 aliphatic carbocycles. The molecule has 1 heterocycles. The van der Waals surface area contributed by atoms with Gasteiger partial charge in [-0.1, -0.05) is 0 Å². The molecule has 0 aliphatic rings. The standard InChI is InChI=1S/C7H8NO3S/c1-11-6(9)4-7(10)12-3-2-8-5-12/h2-3,5H,4H2,1H3/q+1. The summed E-state index contributed by atoms with van der Waals surface area (Å²) >= 11 is 0. The van der Waals surface area contributed by atoms with Crippen molar-refractivity contribution < 1.29 is 14.3 Å². The van der Waals surface area contributed by atoms with Crippen molar-refractivity contribution in [3.05, 3.63) is 17.1 Å². The summed E-state index contributed by atoms with van der Waals surface area (Å²) < 4.78 is 4.36. The average molecular weight is 186 g/mol. The predicted octanol–water partition coefficient (Wildman–Crippen LogP) is 1.03. The van der Waals surface area contributed by atoms with Gasteiger partial charge >= 0.3 is 11.1 Å².